The van der Waals surface area contributed by atoms with Crippen molar-refractivity contribution in [3.8, 4) is 0 Å². The van der Waals surface area contributed by atoms with E-state index in [0.29, 0.717) is 0 Å². The van der Waals surface area contributed by atoms with Crippen LogP contribution in [0.3, 0.4) is 0 Å². The van der Waals surface area contributed by atoms with Gasteiger partial charge in [0.25, 0.3) is 0 Å². The zero-order chi connectivity index (χ0) is 9.10. The highest BCUT2D eigenvalue weighted by Gasteiger charge is 2.25. The first-order chi connectivity index (χ1) is 6.38. The van der Waals surface area contributed by atoms with Crippen molar-refractivity contribution in [2.45, 2.75) is 19.8 Å². The van der Waals surface area contributed by atoms with Crippen molar-refractivity contribution in [2.24, 2.45) is 17.8 Å². The highest BCUT2D eigenvalue weighted by atomic mass is 14.9. The number of hydrogen-bond acceptors (Lipinski definition) is 1. The second-order valence-electron chi connectivity index (χ2n) is 4.29. The van der Waals surface area contributed by atoms with Crippen LogP contribution in [0.5, 0.6) is 0 Å². The Labute approximate surface area is 80.9 Å². The fourth-order valence-electron chi connectivity index (χ4n) is 2.55. The topological polar surface area (TPSA) is 12.0 Å². The fraction of sp³-hybridized carbons (Fsp3) is 0.667. The van der Waals surface area contributed by atoms with Crippen LogP contribution in [0.2, 0.25) is 0 Å². The summed E-state index contributed by atoms with van der Waals surface area (Å²) >= 11 is 0. The maximum Gasteiger partial charge on any atom is -0.00461 e. The van der Waals surface area contributed by atoms with Crippen molar-refractivity contribution in [3.05, 3.63) is 24.3 Å². The minimum Gasteiger partial charge on any atom is -0.317 e. The van der Waals surface area contributed by atoms with E-state index in [2.05, 4.69) is 36.5 Å². The van der Waals surface area contributed by atoms with Gasteiger partial charge in [-0.3, -0.25) is 0 Å². The molecule has 2 aliphatic rings. The summed E-state index contributed by atoms with van der Waals surface area (Å²) in [6.45, 7) is 4.77. The third-order valence-electron chi connectivity index (χ3n) is 3.39. The molecular weight excluding hydrogens is 158 g/mol. The molecule has 1 nitrogen and oxygen atoms in total. The van der Waals surface area contributed by atoms with Crippen molar-refractivity contribution in [1.82, 2.24) is 5.32 Å². The van der Waals surface area contributed by atoms with Crippen LogP contribution >= 0.6 is 0 Å². The standard InChI is InChI=1S/C12H19N/c1-10-4-2-3-5-12(10)11-6-8-13-9-7-11/h2-5,10-13H,6-9H2,1H3. The van der Waals surface area contributed by atoms with Gasteiger partial charge in [-0.15, -0.1) is 0 Å². The highest BCUT2D eigenvalue weighted by Crippen LogP contribution is 2.31. The molecule has 0 aromatic heterocycles. The maximum atomic E-state index is 3.43. The molecule has 1 saturated heterocycles. The van der Waals surface area contributed by atoms with Crippen LogP contribution in [0.15, 0.2) is 24.3 Å². The third-order valence-corrected chi connectivity index (χ3v) is 3.39. The van der Waals surface area contributed by atoms with Gasteiger partial charge in [-0.05, 0) is 43.7 Å². The SMILES string of the molecule is CC1C=CC=CC1C1CCNCC1. The van der Waals surface area contributed by atoms with Crippen molar-refractivity contribution in [3.63, 3.8) is 0 Å². The van der Waals surface area contributed by atoms with Crippen LogP contribution in [-0.2, 0) is 0 Å². The van der Waals surface area contributed by atoms with Gasteiger partial charge < -0.3 is 5.32 Å². The maximum absolute atomic E-state index is 3.43. The summed E-state index contributed by atoms with van der Waals surface area (Å²) in [4.78, 5) is 0. The van der Waals surface area contributed by atoms with E-state index in [1.807, 2.05) is 0 Å². The molecular formula is C12H19N. The second-order valence-corrected chi connectivity index (χ2v) is 4.29. The second kappa shape index (κ2) is 4.10. The van der Waals surface area contributed by atoms with E-state index in [1.165, 1.54) is 25.9 Å². The lowest BCUT2D eigenvalue weighted by atomic mass is 9.76. The van der Waals surface area contributed by atoms with E-state index in [9.17, 15) is 0 Å². The summed E-state index contributed by atoms with van der Waals surface area (Å²) in [6.07, 6.45) is 11.8. The average Bonchev–Trinajstić information content (AvgIpc) is 2.20. The molecule has 1 fully saturated rings. The molecule has 13 heavy (non-hydrogen) atoms. The summed E-state index contributed by atoms with van der Waals surface area (Å²) in [5.74, 6) is 2.46. The minimum atomic E-state index is 0.744. The first kappa shape index (κ1) is 9.01. The normalized spacial score (nSPS) is 35.2. The van der Waals surface area contributed by atoms with Crippen LogP contribution in [0.4, 0.5) is 0 Å². The van der Waals surface area contributed by atoms with E-state index in [1.54, 1.807) is 0 Å². The van der Waals surface area contributed by atoms with Crippen LogP contribution in [-0.4, -0.2) is 13.1 Å². The summed E-state index contributed by atoms with van der Waals surface area (Å²) in [6, 6.07) is 0. The number of rotatable bonds is 1. The van der Waals surface area contributed by atoms with Crippen molar-refractivity contribution in [1.29, 1.82) is 0 Å². The lowest BCUT2D eigenvalue weighted by Gasteiger charge is -2.32. The Balaban J connectivity index is 1.98. The van der Waals surface area contributed by atoms with Gasteiger partial charge in [0.05, 0.1) is 0 Å². The van der Waals surface area contributed by atoms with Crippen molar-refractivity contribution < 1.29 is 0 Å². The zero-order valence-electron chi connectivity index (χ0n) is 8.37. The molecule has 0 amide bonds. The molecule has 1 heteroatoms. The number of hydrogen-bond donors (Lipinski definition) is 1. The molecule has 1 N–H and O–H groups in total. The van der Waals surface area contributed by atoms with Crippen molar-refractivity contribution in [2.75, 3.05) is 13.1 Å². The Morgan fingerprint density at radius 3 is 2.46 bits per heavy atom. The van der Waals surface area contributed by atoms with Crippen LogP contribution in [0, 0.1) is 17.8 Å². The number of allylic oxidation sites excluding steroid dienone is 4. The van der Waals surface area contributed by atoms with Crippen molar-refractivity contribution >= 4 is 0 Å². The first-order valence-electron chi connectivity index (χ1n) is 5.43. The molecule has 0 aromatic carbocycles. The summed E-state index contributed by atoms with van der Waals surface area (Å²) in [5, 5.41) is 3.43. The molecule has 0 spiro atoms. The Morgan fingerprint density at radius 2 is 1.77 bits per heavy atom. The Hall–Kier alpha value is -0.560. The molecule has 0 saturated carbocycles. The zero-order valence-corrected chi connectivity index (χ0v) is 8.37. The molecule has 2 atom stereocenters. The van der Waals surface area contributed by atoms with E-state index in [0.717, 1.165) is 17.8 Å². The van der Waals surface area contributed by atoms with E-state index in [4.69, 9.17) is 0 Å². The summed E-state index contributed by atoms with van der Waals surface area (Å²) < 4.78 is 0. The molecule has 0 aromatic rings. The molecule has 1 heterocycles. The van der Waals surface area contributed by atoms with Gasteiger partial charge >= 0.3 is 0 Å². The van der Waals surface area contributed by atoms with Gasteiger partial charge in [-0.2, -0.15) is 0 Å². The minimum absolute atomic E-state index is 0.744. The Kier molecular flexibility index (Phi) is 2.84. The molecule has 72 valence electrons. The largest absolute Gasteiger partial charge is 0.317 e. The molecule has 0 bridgehead atoms. The smallest absolute Gasteiger partial charge is 0.00461 e. The third kappa shape index (κ3) is 2.02. The summed E-state index contributed by atoms with van der Waals surface area (Å²) in [5.41, 5.74) is 0. The number of nitrogens with one attached hydrogen (secondary N) is 1. The lowest BCUT2D eigenvalue weighted by Crippen LogP contribution is -2.33. The molecule has 1 aliphatic heterocycles. The number of piperidine rings is 1. The Morgan fingerprint density at radius 1 is 1.08 bits per heavy atom. The highest BCUT2D eigenvalue weighted by molar-refractivity contribution is 5.14. The van der Waals surface area contributed by atoms with Gasteiger partial charge in [-0.25, -0.2) is 0 Å². The predicted octanol–water partition coefficient (Wildman–Crippen LogP) is 2.36. The molecule has 2 unspecified atom stereocenters. The lowest BCUT2D eigenvalue weighted by molar-refractivity contribution is 0.261. The monoisotopic (exact) mass is 177 g/mol. The fourth-order valence-corrected chi connectivity index (χ4v) is 2.55. The molecule has 1 aliphatic carbocycles. The summed E-state index contributed by atoms with van der Waals surface area (Å²) in [7, 11) is 0. The van der Waals surface area contributed by atoms with Crippen LogP contribution in [0.1, 0.15) is 19.8 Å². The van der Waals surface area contributed by atoms with E-state index < -0.39 is 0 Å². The quantitative estimate of drug-likeness (QED) is 0.648. The van der Waals surface area contributed by atoms with Gasteiger partial charge in [0, 0.05) is 0 Å². The Bertz CT molecular complexity index is 211. The van der Waals surface area contributed by atoms with Crippen LogP contribution < -0.4 is 5.32 Å². The first-order valence-corrected chi connectivity index (χ1v) is 5.43. The van der Waals surface area contributed by atoms with Crippen LogP contribution in [0.25, 0.3) is 0 Å². The van der Waals surface area contributed by atoms with Gasteiger partial charge in [0.1, 0.15) is 0 Å². The van der Waals surface area contributed by atoms with Gasteiger partial charge in [0.15, 0.2) is 0 Å². The predicted molar refractivity (Wildman–Crippen MR) is 56.5 cm³/mol. The molecule has 0 radical (unpaired) electrons. The molecule has 2 rings (SSSR count). The van der Waals surface area contributed by atoms with E-state index in [-0.39, 0.29) is 0 Å². The average molecular weight is 177 g/mol. The van der Waals surface area contributed by atoms with Gasteiger partial charge in [0.2, 0.25) is 0 Å². The van der Waals surface area contributed by atoms with Gasteiger partial charge in [-0.1, -0.05) is 31.2 Å². The van der Waals surface area contributed by atoms with E-state index >= 15 is 0 Å².